The molecular formula is C15H17FO3S. The number of Topliss-reactive ketones (excluding diaryl/α,β-unsaturated/α-hetero) is 1. The van der Waals surface area contributed by atoms with Crippen LogP contribution in [0.2, 0.25) is 0 Å². The van der Waals surface area contributed by atoms with Crippen LogP contribution in [-0.4, -0.2) is 29.4 Å². The summed E-state index contributed by atoms with van der Waals surface area (Å²) in [6, 6.07) is 5.52. The highest BCUT2D eigenvalue weighted by Gasteiger charge is 2.24. The maximum Gasteiger partial charge on any atom is 0.306 e. The lowest BCUT2D eigenvalue weighted by Crippen LogP contribution is -2.22. The van der Waals surface area contributed by atoms with Crippen LogP contribution in [0.4, 0.5) is 4.39 Å². The molecule has 1 fully saturated rings. The summed E-state index contributed by atoms with van der Waals surface area (Å²) in [7, 11) is 0. The summed E-state index contributed by atoms with van der Waals surface area (Å²) < 4.78 is 18.4. The molecule has 0 spiro atoms. The number of hydrogen-bond donors (Lipinski definition) is 0. The van der Waals surface area contributed by atoms with Gasteiger partial charge in [0, 0.05) is 17.2 Å². The Balaban J connectivity index is 1.88. The van der Waals surface area contributed by atoms with Gasteiger partial charge in [-0.2, -0.15) is 11.8 Å². The topological polar surface area (TPSA) is 43.4 Å². The van der Waals surface area contributed by atoms with Gasteiger partial charge in [0.2, 0.25) is 0 Å². The van der Waals surface area contributed by atoms with E-state index in [1.54, 1.807) is 24.8 Å². The van der Waals surface area contributed by atoms with Gasteiger partial charge in [0.05, 0.1) is 6.42 Å². The van der Waals surface area contributed by atoms with Gasteiger partial charge in [0.15, 0.2) is 5.78 Å². The van der Waals surface area contributed by atoms with Gasteiger partial charge in [-0.05, 0) is 24.3 Å². The van der Waals surface area contributed by atoms with Crippen molar-refractivity contribution < 1.29 is 18.7 Å². The molecule has 20 heavy (non-hydrogen) atoms. The Bertz CT molecular complexity index is 498. The Morgan fingerprint density at radius 2 is 2.30 bits per heavy atom. The zero-order valence-electron chi connectivity index (χ0n) is 11.3. The van der Waals surface area contributed by atoms with E-state index in [1.165, 1.54) is 18.2 Å². The van der Waals surface area contributed by atoms with Crippen molar-refractivity contribution in [3.63, 3.8) is 0 Å². The molecule has 5 heteroatoms. The number of rotatable bonds is 5. The zero-order valence-corrected chi connectivity index (χ0v) is 12.1. The second kappa shape index (κ2) is 6.88. The minimum atomic E-state index is -0.502. The second-order valence-corrected chi connectivity index (χ2v) is 6.11. The first kappa shape index (κ1) is 15.0. The Morgan fingerprint density at radius 1 is 1.50 bits per heavy atom. The average Bonchev–Trinajstić information content (AvgIpc) is 2.90. The van der Waals surface area contributed by atoms with Gasteiger partial charge < -0.3 is 4.74 Å². The van der Waals surface area contributed by atoms with E-state index in [2.05, 4.69) is 0 Å². The molecule has 1 aromatic carbocycles. The zero-order chi connectivity index (χ0) is 14.5. The lowest BCUT2D eigenvalue weighted by atomic mass is 9.96. The number of carbonyl (C=O) groups is 2. The molecule has 1 aliphatic rings. The molecule has 0 aliphatic carbocycles. The molecule has 1 heterocycles. The van der Waals surface area contributed by atoms with Crippen molar-refractivity contribution in [3.05, 3.63) is 35.6 Å². The summed E-state index contributed by atoms with van der Waals surface area (Å²) >= 11 is 1.76. The van der Waals surface area contributed by atoms with Crippen molar-refractivity contribution >= 4 is 23.5 Å². The standard InChI is InChI=1S/C15H17FO3S/c1-10(7-14(17)19-13-5-6-20-9-13)15(18)11-3-2-4-12(16)8-11/h2-4,8,10,13H,5-7,9H2,1H3/t10-,13-/m0/s1. The number of halogens is 1. The SMILES string of the molecule is C[C@@H](CC(=O)O[C@H]1CCSC1)C(=O)c1cccc(F)c1. The smallest absolute Gasteiger partial charge is 0.306 e. The fourth-order valence-corrected chi connectivity index (χ4v) is 3.20. The first-order chi connectivity index (χ1) is 9.56. The van der Waals surface area contributed by atoms with Gasteiger partial charge in [0.1, 0.15) is 11.9 Å². The quantitative estimate of drug-likeness (QED) is 0.618. The second-order valence-electron chi connectivity index (χ2n) is 4.96. The van der Waals surface area contributed by atoms with E-state index in [4.69, 9.17) is 4.74 Å². The maximum atomic E-state index is 13.1. The van der Waals surface area contributed by atoms with Crippen LogP contribution in [-0.2, 0) is 9.53 Å². The van der Waals surface area contributed by atoms with Crippen molar-refractivity contribution in [3.8, 4) is 0 Å². The number of hydrogen-bond acceptors (Lipinski definition) is 4. The molecule has 0 saturated carbocycles. The number of esters is 1. The van der Waals surface area contributed by atoms with Gasteiger partial charge >= 0.3 is 5.97 Å². The molecule has 0 radical (unpaired) electrons. The molecule has 1 aliphatic heterocycles. The first-order valence-corrected chi connectivity index (χ1v) is 7.78. The van der Waals surface area contributed by atoms with E-state index >= 15 is 0 Å². The third kappa shape index (κ3) is 4.07. The molecule has 0 unspecified atom stereocenters. The molecule has 1 aromatic rings. The molecule has 0 bridgehead atoms. The van der Waals surface area contributed by atoms with E-state index < -0.39 is 11.7 Å². The molecule has 1 saturated heterocycles. The minimum Gasteiger partial charge on any atom is -0.461 e. The summed E-state index contributed by atoms with van der Waals surface area (Å²) in [6.45, 7) is 1.66. The summed E-state index contributed by atoms with van der Waals surface area (Å²) in [5.41, 5.74) is 0.293. The van der Waals surface area contributed by atoms with Crippen molar-refractivity contribution in [2.24, 2.45) is 5.92 Å². The molecule has 2 atom stereocenters. The van der Waals surface area contributed by atoms with E-state index in [-0.39, 0.29) is 24.3 Å². The third-order valence-corrected chi connectivity index (χ3v) is 4.35. The predicted molar refractivity (Wildman–Crippen MR) is 76.3 cm³/mol. The molecule has 2 rings (SSSR count). The Labute approximate surface area is 121 Å². The van der Waals surface area contributed by atoms with E-state index in [1.807, 2.05) is 0 Å². The van der Waals surface area contributed by atoms with Crippen LogP contribution >= 0.6 is 11.8 Å². The van der Waals surface area contributed by atoms with Crippen LogP contribution in [0.5, 0.6) is 0 Å². The van der Waals surface area contributed by atoms with E-state index in [0.29, 0.717) is 5.56 Å². The molecule has 0 aromatic heterocycles. The van der Waals surface area contributed by atoms with Crippen molar-refractivity contribution in [1.29, 1.82) is 0 Å². The number of thioether (sulfide) groups is 1. The number of carbonyl (C=O) groups excluding carboxylic acids is 2. The van der Waals surface area contributed by atoms with Crippen LogP contribution in [0.3, 0.4) is 0 Å². The van der Waals surface area contributed by atoms with Crippen molar-refractivity contribution in [2.75, 3.05) is 11.5 Å². The number of benzene rings is 1. The molecular weight excluding hydrogens is 279 g/mol. The van der Waals surface area contributed by atoms with Gasteiger partial charge in [-0.15, -0.1) is 0 Å². The fraction of sp³-hybridized carbons (Fsp3) is 0.467. The monoisotopic (exact) mass is 296 g/mol. The summed E-state index contributed by atoms with van der Waals surface area (Å²) in [4.78, 5) is 23.8. The minimum absolute atomic E-state index is 0.0241. The summed E-state index contributed by atoms with van der Waals surface area (Å²) in [6.07, 6.45) is 0.892. The van der Waals surface area contributed by atoms with Crippen LogP contribution in [0.15, 0.2) is 24.3 Å². The number of ether oxygens (including phenoxy) is 1. The number of ketones is 1. The van der Waals surface area contributed by atoms with Gasteiger partial charge in [-0.3, -0.25) is 9.59 Å². The first-order valence-electron chi connectivity index (χ1n) is 6.63. The highest BCUT2D eigenvalue weighted by Crippen LogP contribution is 2.21. The lowest BCUT2D eigenvalue weighted by molar-refractivity contribution is -0.148. The van der Waals surface area contributed by atoms with E-state index in [0.717, 1.165) is 17.9 Å². The largest absolute Gasteiger partial charge is 0.461 e. The van der Waals surface area contributed by atoms with Crippen molar-refractivity contribution in [1.82, 2.24) is 0 Å². The molecule has 0 N–H and O–H groups in total. The van der Waals surface area contributed by atoms with Gasteiger partial charge in [-0.25, -0.2) is 4.39 Å². The van der Waals surface area contributed by atoms with Crippen LogP contribution < -0.4 is 0 Å². The van der Waals surface area contributed by atoms with Gasteiger partial charge in [0.25, 0.3) is 0 Å². The lowest BCUT2D eigenvalue weighted by Gasteiger charge is -2.13. The molecule has 3 nitrogen and oxygen atoms in total. The Morgan fingerprint density at radius 3 is 2.95 bits per heavy atom. The Kier molecular flexibility index (Phi) is 5.17. The normalized spacial score (nSPS) is 19.6. The van der Waals surface area contributed by atoms with E-state index in [9.17, 15) is 14.0 Å². The summed E-state index contributed by atoms with van der Waals surface area (Å²) in [5.74, 6) is 0.303. The highest BCUT2D eigenvalue weighted by molar-refractivity contribution is 7.99. The predicted octanol–water partition coefficient (Wildman–Crippen LogP) is 3.08. The Hall–Kier alpha value is -1.36. The van der Waals surface area contributed by atoms with Crippen LogP contribution in [0.25, 0.3) is 0 Å². The molecule has 108 valence electrons. The van der Waals surface area contributed by atoms with Crippen LogP contribution in [0, 0.1) is 11.7 Å². The van der Waals surface area contributed by atoms with Crippen LogP contribution in [0.1, 0.15) is 30.1 Å². The fourth-order valence-electron chi connectivity index (χ4n) is 2.11. The highest BCUT2D eigenvalue weighted by atomic mass is 32.2. The van der Waals surface area contributed by atoms with Gasteiger partial charge in [-0.1, -0.05) is 19.1 Å². The maximum absolute atomic E-state index is 13.1. The molecule has 0 amide bonds. The van der Waals surface area contributed by atoms with Crippen molar-refractivity contribution in [2.45, 2.75) is 25.9 Å². The third-order valence-electron chi connectivity index (χ3n) is 3.22. The average molecular weight is 296 g/mol. The summed E-state index contributed by atoms with van der Waals surface area (Å²) in [5, 5.41) is 0.